The molecule has 0 radical (unpaired) electrons. The number of aliphatic carboxylic acids is 1. The molecule has 28 heavy (non-hydrogen) atoms. The zero-order valence-electron chi connectivity index (χ0n) is 15.8. The Morgan fingerprint density at radius 1 is 1.14 bits per heavy atom. The molecule has 0 saturated heterocycles. The van der Waals surface area contributed by atoms with Crippen molar-refractivity contribution < 1.29 is 14.7 Å². The van der Waals surface area contributed by atoms with Gasteiger partial charge in [0.25, 0.3) is 0 Å². The molecule has 0 saturated carbocycles. The van der Waals surface area contributed by atoms with Crippen molar-refractivity contribution in [3.05, 3.63) is 71.9 Å². The van der Waals surface area contributed by atoms with E-state index < -0.39 is 17.9 Å². The quantitative estimate of drug-likeness (QED) is 0.553. The Morgan fingerprint density at radius 2 is 1.86 bits per heavy atom. The summed E-state index contributed by atoms with van der Waals surface area (Å²) in [5.74, 6) is -1.51. The van der Waals surface area contributed by atoms with Crippen molar-refractivity contribution in [1.82, 2.24) is 10.3 Å². The summed E-state index contributed by atoms with van der Waals surface area (Å²) < 4.78 is 0. The lowest BCUT2D eigenvalue weighted by atomic mass is 10.0. The maximum Gasteiger partial charge on any atom is 0.326 e. The summed E-state index contributed by atoms with van der Waals surface area (Å²) in [6.07, 6.45) is 5.01. The molecule has 1 aromatic heterocycles. The number of fused-ring (bicyclic) bond motifs is 1. The van der Waals surface area contributed by atoms with Crippen molar-refractivity contribution in [3.8, 4) is 0 Å². The van der Waals surface area contributed by atoms with E-state index in [1.807, 2.05) is 67.5 Å². The number of hydrogen-bond donors (Lipinski definition) is 3. The van der Waals surface area contributed by atoms with Crippen LogP contribution in [0, 0.1) is 0 Å². The van der Waals surface area contributed by atoms with Crippen LogP contribution in [0.15, 0.2) is 60.8 Å². The first-order chi connectivity index (χ1) is 13.4. The van der Waals surface area contributed by atoms with Crippen LogP contribution in [0.4, 0.5) is 5.69 Å². The Balaban J connectivity index is 1.66. The van der Waals surface area contributed by atoms with Gasteiger partial charge in [-0.2, -0.15) is 0 Å². The SMILES string of the molecule is CN(C)c1ccc(/C=C/C(=O)N[C@H](Cc2c[nH]c3ccccc23)C(=O)O)cc1. The zero-order chi connectivity index (χ0) is 20.1. The third-order valence-corrected chi connectivity index (χ3v) is 4.55. The lowest BCUT2D eigenvalue weighted by Crippen LogP contribution is -2.41. The van der Waals surface area contributed by atoms with Crippen molar-refractivity contribution >= 4 is 34.5 Å². The number of aromatic nitrogens is 1. The summed E-state index contributed by atoms with van der Waals surface area (Å²) in [5, 5.41) is 13.0. The van der Waals surface area contributed by atoms with Crippen LogP contribution < -0.4 is 10.2 Å². The third-order valence-electron chi connectivity index (χ3n) is 4.55. The molecular weight excluding hydrogens is 354 g/mol. The second-order valence-corrected chi connectivity index (χ2v) is 6.78. The number of anilines is 1. The van der Waals surface area contributed by atoms with Gasteiger partial charge in [-0.05, 0) is 35.4 Å². The van der Waals surface area contributed by atoms with E-state index in [0.717, 1.165) is 27.7 Å². The first kappa shape index (κ1) is 19.2. The summed E-state index contributed by atoms with van der Waals surface area (Å²) in [4.78, 5) is 29.0. The van der Waals surface area contributed by atoms with Crippen molar-refractivity contribution in [3.63, 3.8) is 0 Å². The molecule has 2 aromatic carbocycles. The number of nitrogens with zero attached hydrogens (tertiary/aromatic N) is 1. The molecule has 1 heterocycles. The van der Waals surface area contributed by atoms with Crippen molar-refractivity contribution in [2.45, 2.75) is 12.5 Å². The Bertz CT molecular complexity index is 1000. The van der Waals surface area contributed by atoms with Gasteiger partial charge in [0.1, 0.15) is 6.04 Å². The molecule has 3 aromatic rings. The largest absolute Gasteiger partial charge is 0.480 e. The maximum absolute atomic E-state index is 12.2. The minimum Gasteiger partial charge on any atom is -0.480 e. The molecule has 3 N–H and O–H groups in total. The fourth-order valence-electron chi connectivity index (χ4n) is 3.00. The van der Waals surface area contributed by atoms with Crippen LogP contribution in [0.3, 0.4) is 0 Å². The molecule has 0 fully saturated rings. The smallest absolute Gasteiger partial charge is 0.326 e. The highest BCUT2D eigenvalue weighted by atomic mass is 16.4. The second kappa shape index (κ2) is 8.43. The number of nitrogens with one attached hydrogen (secondary N) is 2. The van der Waals surface area contributed by atoms with Crippen LogP contribution in [0.1, 0.15) is 11.1 Å². The number of benzene rings is 2. The Hall–Kier alpha value is -3.54. The fraction of sp³-hybridized carbons (Fsp3) is 0.182. The monoisotopic (exact) mass is 377 g/mol. The number of rotatable bonds is 7. The van der Waals surface area contributed by atoms with Gasteiger partial charge in [-0.3, -0.25) is 4.79 Å². The average Bonchev–Trinajstić information content (AvgIpc) is 3.09. The molecule has 1 atom stereocenters. The standard InChI is InChI=1S/C22H23N3O3/c1-25(2)17-10-7-15(8-11-17)9-12-21(26)24-20(22(27)28)13-16-14-23-19-6-4-3-5-18(16)19/h3-12,14,20,23H,13H2,1-2H3,(H,24,26)(H,27,28)/b12-9+/t20-/m1/s1. The number of para-hydroxylation sites is 1. The second-order valence-electron chi connectivity index (χ2n) is 6.78. The molecule has 6 nitrogen and oxygen atoms in total. The predicted octanol–water partition coefficient (Wildman–Crippen LogP) is 3.06. The lowest BCUT2D eigenvalue weighted by Gasteiger charge is -2.13. The van der Waals surface area contributed by atoms with Gasteiger partial charge in [0.15, 0.2) is 0 Å². The van der Waals surface area contributed by atoms with E-state index in [-0.39, 0.29) is 6.42 Å². The molecular formula is C22H23N3O3. The molecule has 3 rings (SSSR count). The number of aromatic amines is 1. The van der Waals surface area contributed by atoms with Crippen LogP contribution in [0.5, 0.6) is 0 Å². The van der Waals surface area contributed by atoms with E-state index in [2.05, 4.69) is 10.3 Å². The topological polar surface area (TPSA) is 85.4 Å². The first-order valence-corrected chi connectivity index (χ1v) is 8.98. The molecule has 0 aliphatic carbocycles. The van der Waals surface area contributed by atoms with Gasteiger partial charge in [-0.1, -0.05) is 30.3 Å². The van der Waals surface area contributed by atoms with Gasteiger partial charge in [0.2, 0.25) is 5.91 Å². The minimum atomic E-state index is -1.07. The summed E-state index contributed by atoms with van der Waals surface area (Å²) in [7, 11) is 3.91. The third kappa shape index (κ3) is 4.59. The van der Waals surface area contributed by atoms with E-state index >= 15 is 0 Å². The molecule has 144 valence electrons. The summed E-state index contributed by atoms with van der Waals surface area (Å²) in [5.41, 5.74) is 3.72. The molecule has 1 amide bonds. The van der Waals surface area contributed by atoms with Crippen molar-refractivity contribution in [2.24, 2.45) is 0 Å². The Kier molecular flexibility index (Phi) is 5.79. The first-order valence-electron chi connectivity index (χ1n) is 8.98. The van der Waals surface area contributed by atoms with E-state index in [9.17, 15) is 14.7 Å². The fourth-order valence-corrected chi connectivity index (χ4v) is 3.00. The highest BCUT2D eigenvalue weighted by Gasteiger charge is 2.21. The van der Waals surface area contributed by atoms with Crippen LogP contribution in [-0.4, -0.2) is 42.1 Å². The predicted molar refractivity (Wildman–Crippen MR) is 111 cm³/mol. The van der Waals surface area contributed by atoms with Gasteiger partial charge in [0.05, 0.1) is 0 Å². The van der Waals surface area contributed by atoms with Gasteiger partial charge < -0.3 is 20.3 Å². The average molecular weight is 377 g/mol. The summed E-state index contributed by atoms with van der Waals surface area (Å²) in [6.45, 7) is 0. The number of hydrogen-bond acceptors (Lipinski definition) is 3. The number of carboxylic acids is 1. The van der Waals surface area contributed by atoms with Gasteiger partial charge in [-0.15, -0.1) is 0 Å². The number of carbonyl (C=O) groups excluding carboxylic acids is 1. The zero-order valence-corrected chi connectivity index (χ0v) is 15.8. The maximum atomic E-state index is 12.2. The van der Waals surface area contributed by atoms with Gasteiger partial charge in [0, 0.05) is 49.4 Å². The summed E-state index contributed by atoms with van der Waals surface area (Å²) in [6, 6.07) is 14.4. The molecule has 0 spiro atoms. The van der Waals surface area contributed by atoms with Gasteiger partial charge in [-0.25, -0.2) is 4.79 Å². The van der Waals surface area contributed by atoms with Crippen molar-refractivity contribution in [1.29, 1.82) is 0 Å². The highest BCUT2D eigenvalue weighted by molar-refractivity contribution is 5.94. The van der Waals surface area contributed by atoms with Crippen molar-refractivity contribution in [2.75, 3.05) is 19.0 Å². The van der Waals surface area contributed by atoms with E-state index in [4.69, 9.17) is 0 Å². The van der Waals surface area contributed by atoms with Crippen LogP contribution in [0.25, 0.3) is 17.0 Å². The van der Waals surface area contributed by atoms with E-state index in [1.54, 1.807) is 12.3 Å². The molecule has 0 unspecified atom stereocenters. The van der Waals surface area contributed by atoms with E-state index in [0.29, 0.717) is 0 Å². The Morgan fingerprint density at radius 3 is 2.54 bits per heavy atom. The molecule has 0 aliphatic heterocycles. The Labute approximate surface area is 163 Å². The lowest BCUT2D eigenvalue weighted by molar-refractivity contribution is -0.141. The normalized spacial score (nSPS) is 12.2. The highest BCUT2D eigenvalue weighted by Crippen LogP contribution is 2.19. The minimum absolute atomic E-state index is 0.205. The van der Waals surface area contributed by atoms with Gasteiger partial charge >= 0.3 is 5.97 Å². The van der Waals surface area contributed by atoms with E-state index in [1.165, 1.54) is 6.08 Å². The number of amides is 1. The van der Waals surface area contributed by atoms with Crippen LogP contribution >= 0.6 is 0 Å². The molecule has 0 aliphatic rings. The van der Waals surface area contributed by atoms with Crippen LogP contribution in [-0.2, 0) is 16.0 Å². The molecule has 0 bridgehead atoms. The number of carbonyl (C=O) groups is 2. The van der Waals surface area contributed by atoms with Crippen LogP contribution in [0.2, 0.25) is 0 Å². The summed E-state index contributed by atoms with van der Waals surface area (Å²) >= 11 is 0. The number of H-pyrrole nitrogens is 1. The number of carboxylic acid groups (broad SMARTS) is 1. The molecule has 6 heteroatoms.